The van der Waals surface area contributed by atoms with Crippen LogP contribution >= 0.6 is 0 Å². The highest BCUT2D eigenvalue weighted by Crippen LogP contribution is 2.06. The van der Waals surface area contributed by atoms with E-state index < -0.39 is 5.97 Å². The van der Waals surface area contributed by atoms with Crippen molar-refractivity contribution in [2.75, 3.05) is 19.6 Å². The number of carboxylic acid groups (broad SMARTS) is 1. The summed E-state index contributed by atoms with van der Waals surface area (Å²) < 4.78 is 0. The van der Waals surface area contributed by atoms with Gasteiger partial charge in [-0.15, -0.1) is 0 Å². The Labute approximate surface area is 85.1 Å². The summed E-state index contributed by atoms with van der Waals surface area (Å²) in [6.45, 7) is 5.00. The smallest absolute Gasteiger partial charge is 0.303 e. The van der Waals surface area contributed by atoms with Gasteiger partial charge in [0.2, 0.25) is 0 Å². The Morgan fingerprint density at radius 1 is 1.50 bits per heavy atom. The third-order valence-electron chi connectivity index (χ3n) is 2.04. The minimum Gasteiger partial charge on any atom is -0.481 e. The molecule has 1 N–H and O–H groups in total. The van der Waals surface area contributed by atoms with Crippen molar-refractivity contribution in [2.24, 2.45) is 0 Å². The Bertz CT molecular complexity index is 193. The van der Waals surface area contributed by atoms with Gasteiger partial charge in [0.1, 0.15) is 0 Å². The molecule has 1 saturated heterocycles. The molecule has 0 atom stereocenters. The highest BCUT2D eigenvalue weighted by molar-refractivity contribution is 5.66. The summed E-state index contributed by atoms with van der Waals surface area (Å²) in [7, 11) is 0. The van der Waals surface area contributed by atoms with E-state index in [0.717, 1.165) is 6.54 Å². The van der Waals surface area contributed by atoms with Crippen LogP contribution in [0.2, 0.25) is 0 Å². The first-order valence-electron chi connectivity index (χ1n) is 5.01. The zero-order valence-electron chi connectivity index (χ0n) is 8.70. The first-order valence-corrected chi connectivity index (χ1v) is 5.01. The second-order valence-electron chi connectivity index (χ2n) is 3.20. The fourth-order valence-corrected chi connectivity index (χ4v) is 1.21. The van der Waals surface area contributed by atoms with Crippen LogP contribution in [0.1, 0.15) is 32.6 Å². The molecule has 0 aromatic carbocycles. The van der Waals surface area contributed by atoms with E-state index in [0.29, 0.717) is 6.42 Å². The van der Waals surface area contributed by atoms with Crippen LogP contribution in [0.3, 0.4) is 0 Å². The molecule has 0 bridgehead atoms. The van der Waals surface area contributed by atoms with Gasteiger partial charge >= 0.3 is 5.97 Å². The van der Waals surface area contributed by atoms with Crippen LogP contribution in [0.25, 0.3) is 0 Å². The lowest BCUT2D eigenvalue weighted by Crippen LogP contribution is -2.19. The van der Waals surface area contributed by atoms with Gasteiger partial charge in [0, 0.05) is 19.4 Å². The van der Waals surface area contributed by atoms with Gasteiger partial charge in [0.15, 0.2) is 0 Å². The summed E-state index contributed by atoms with van der Waals surface area (Å²) in [5.41, 5.74) is 0. The van der Waals surface area contributed by atoms with Gasteiger partial charge < -0.3 is 10.0 Å². The maximum atomic E-state index is 9.37. The molecule has 1 rings (SSSR count). The highest BCUT2D eigenvalue weighted by Gasteiger charge is 2.09. The van der Waals surface area contributed by atoms with Gasteiger partial charge in [-0.05, 0) is 25.9 Å². The van der Waals surface area contributed by atoms with Crippen molar-refractivity contribution in [1.29, 1.82) is 5.26 Å². The summed E-state index contributed by atoms with van der Waals surface area (Å²) in [4.78, 5) is 11.7. The minimum absolute atomic E-state index is 0.222. The fraction of sp³-hybridized carbons (Fsp3) is 0.800. The van der Waals surface area contributed by atoms with E-state index >= 15 is 0 Å². The molecular formula is C10H18N2O2. The standard InChI is InChI=1S/C7H12N2.C3H6O2/c8-4-3-7-9-5-1-2-6-9;1-2-3(4)5/h1-3,5-7H2;2H2,1H3,(H,4,5). The number of nitrogens with zero attached hydrogens (tertiary/aromatic N) is 2. The van der Waals surface area contributed by atoms with E-state index in [4.69, 9.17) is 10.4 Å². The molecule has 1 heterocycles. The summed E-state index contributed by atoms with van der Waals surface area (Å²) >= 11 is 0. The molecule has 0 aromatic rings. The van der Waals surface area contributed by atoms with E-state index in [1.54, 1.807) is 6.92 Å². The molecule has 0 radical (unpaired) electrons. The summed E-state index contributed by atoms with van der Waals surface area (Å²) in [6, 6.07) is 2.15. The van der Waals surface area contributed by atoms with Crippen LogP contribution in [0.5, 0.6) is 0 Å². The molecule has 0 aromatic heterocycles. The van der Waals surface area contributed by atoms with Crippen molar-refractivity contribution in [3.8, 4) is 6.07 Å². The van der Waals surface area contributed by atoms with Crippen LogP contribution in [-0.4, -0.2) is 35.6 Å². The third kappa shape index (κ3) is 7.56. The van der Waals surface area contributed by atoms with Crippen LogP contribution < -0.4 is 0 Å². The molecule has 1 aliphatic heterocycles. The lowest BCUT2D eigenvalue weighted by molar-refractivity contribution is -0.136. The predicted octanol–water partition coefficient (Wildman–Crippen LogP) is 1.48. The van der Waals surface area contributed by atoms with Gasteiger partial charge in [-0.3, -0.25) is 4.79 Å². The Kier molecular flexibility index (Phi) is 7.86. The summed E-state index contributed by atoms with van der Waals surface area (Å²) in [6.07, 6.45) is 3.57. The van der Waals surface area contributed by atoms with Crippen molar-refractivity contribution < 1.29 is 9.90 Å². The van der Waals surface area contributed by atoms with Crippen molar-refractivity contribution in [1.82, 2.24) is 4.90 Å². The quantitative estimate of drug-likeness (QED) is 0.746. The van der Waals surface area contributed by atoms with Crippen LogP contribution in [-0.2, 0) is 4.79 Å². The van der Waals surface area contributed by atoms with Gasteiger partial charge in [0.05, 0.1) is 6.07 Å². The second kappa shape index (κ2) is 8.52. The molecule has 0 unspecified atom stereocenters. The number of carboxylic acids is 1. The molecule has 0 aliphatic carbocycles. The first-order chi connectivity index (χ1) is 6.70. The normalized spacial score (nSPS) is 15.4. The fourth-order valence-electron chi connectivity index (χ4n) is 1.21. The maximum Gasteiger partial charge on any atom is 0.303 e. The molecule has 4 nitrogen and oxygen atoms in total. The van der Waals surface area contributed by atoms with Crippen LogP contribution in [0, 0.1) is 11.3 Å². The second-order valence-corrected chi connectivity index (χ2v) is 3.20. The number of likely N-dealkylation sites (tertiary alicyclic amines) is 1. The number of aliphatic carboxylic acids is 1. The van der Waals surface area contributed by atoms with E-state index in [-0.39, 0.29) is 6.42 Å². The Hall–Kier alpha value is -1.08. The van der Waals surface area contributed by atoms with E-state index in [9.17, 15) is 4.79 Å². The van der Waals surface area contributed by atoms with Crippen molar-refractivity contribution >= 4 is 5.97 Å². The Morgan fingerprint density at radius 2 is 2.00 bits per heavy atom. The van der Waals surface area contributed by atoms with Crippen LogP contribution in [0.15, 0.2) is 0 Å². The molecule has 0 spiro atoms. The molecule has 1 aliphatic rings. The Balaban J connectivity index is 0.000000292. The van der Waals surface area contributed by atoms with E-state index in [1.165, 1.54) is 25.9 Å². The summed E-state index contributed by atoms with van der Waals surface area (Å²) in [5, 5.41) is 16.0. The zero-order valence-corrected chi connectivity index (χ0v) is 8.70. The molecule has 80 valence electrons. The minimum atomic E-state index is -0.745. The highest BCUT2D eigenvalue weighted by atomic mass is 16.4. The molecule has 1 fully saturated rings. The topological polar surface area (TPSA) is 64.3 Å². The molecule has 0 saturated carbocycles. The van der Waals surface area contributed by atoms with Gasteiger partial charge in [-0.2, -0.15) is 5.26 Å². The molecule has 14 heavy (non-hydrogen) atoms. The largest absolute Gasteiger partial charge is 0.481 e. The third-order valence-corrected chi connectivity index (χ3v) is 2.04. The van der Waals surface area contributed by atoms with Gasteiger partial charge in [0.25, 0.3) is 0 Å². The van der Waals surface area contributed by atoms with Gasteiger partial charge in [-0.25, -0.2) is 0 Å². The number of hydrogen-bond acceptors (Lipinski definition) is 3. The van der Waals surface area contributed by atoms with Crippen molar-refractivity contribution in [3.63, 3.8) is 0 Å². The van der Waals surface area contributed by atoms with Crippen molar-refractivity contribution in [3.05, 3.63) is 0 Å². The lowest BCUT2D eigenvalue weighted by Gasteiger charge is -2.10. The number of hydrogen-bond donors (Lipinski definition) is 1. The lowest BCUT2D eigenvalue weighted by atomic mass is 10.4. The first kappa shape index (κ1) is 12.9. The maximum absolute atomic E-state index is 9.37. The summed E-state index contributed by atoms with van der Waals surface area (Å²) in [5.74, 6) is -0.745. The Morgan fingerprint density at radius 3 is 2.36 bits per heavy atom. The predicted molar refractivity (Wildman–Crippen MR) is 53.8 cm³/mol. The zero-order chi connectivity index (χ0) is 10.8. The number of carbonyl (C=O) groups is 1. The number of rotatable bonds is 3. The monoisotopic (exact) mass is 198 g/mol. The van der Waals surface area contributed by atoms with E-state index in [1.807, 2.05) is 0 Å². The average Bonchev–Trinajstić information content (AvgIpc) is 2.68. The molecule has 4 heteroatoms. The average molecular weight is 198 g/mol. The SMILES string of the molecule is CCC(=O)O.N#CCCN1CCCC1. The van der Waals surface area contributed by atoms with E-state index in [2.05, 4.69) is 11.0 Å². The number of nitriles is 1. The van der Waals surface area contributed by atoms with Gasteiger partial charge in [-0.1, -0.05) is 6.92 Å². The molecule has 0 amide bonds. The van der Waals surface area contributed by atoms with Crippen molar-refractivity contribution in [2.45, 2.75) is 32.6 Å². The molecular weight excluding hydrogens is 180 g/mol. The van der Waals surface area contributed by atoms with Crippen LogP contribution in [0.4, 0.5) is 0 Å².